The summed E-state index contributed by atoms with van der Waals surface area (Å²) in [6, 6.07) is 12.7. The molecular formula is C13H9BrN2O3. The summed E-state index contributed by atoms with van der Waals surface area (Å²) in [4.78, 5) is 22.0. The van der Waals surface area contributed by atoms with E-state index in [1.807, 2.05) is 0 Å². The average Bonchev–Trinajstić information content (AvgIpc) is 2.41. The number of nitro groups is 1. The average molecular weight is 321 g/mol. The van der Waals surface area contributed by atoms with Crippen molar-refractivity contribution >= 4 is 33.2 Å². The number of amides is 1. The lowest BCUT2D eigenvalue weighted by molar-refractivity contribution is -0.384. The maximum atomic E-state index is 11.9. The number of nitrogens with zero attached hydrogens (tertiary/aromatic N) is 1. The van der Waals surface area contributed by atoms with E-state index >= 15 is 0 Å². The molecule has 0 aliphatic heterocycles. The summed E-state index contributed by atoms with van der Waals surface area (Å²) in [7, 11) is 0. The van der Waals surface area contributed by atoms with Crippen LogP contribution in [0.1, 0.15) is 10.4 Å². The molecule has 1 amide bonds. The number of carbonyl (C=O) groups is 1. The van der Waals surface area contributed by atoms with Crippen LogP contribution in [0.15, 0.2) is 53.0 Å². The lowest BCUT2D eigenvalue weighted by atomic mass is 10.2. The predicted octanol–water partition coefficient (Wildman–Crippen LogP) is 3.61. The van der Waals surface area contributed by atoms with Crippen LogP contribution < -0.4 is 5.32 Å². The van der Waals surface area contributed by atoms with Crippen LogP contribution in [0.5, 0.6) is 0 Å². The van der Waals surface area contributed by atoms with E-state index < -0.39 is 4.92 Å². The van der Waals surface area contributed by atoms with Crippen LogP contribution >= 0.6 is 15.9 Å². The van der Waals surface area contributed by atoms with E-state index in [0.717, 1.165) is 4.47 Å². The van der Waals surface area contributed by atoms with Gasteiger partial charge in [-0.25, -0.2) is 0 Å². The largest absolute Gasteiger partial charge is 0.322 e. The Morgan fingerprint density at radius 2 is 1.84 bits per heavy atom. The summed E-state index contributed by atoms with van der Waals surface area (Å²) in [6.07, 6.45) is 0. The van der Waals surface area contributed by atoms with Crippen LogP contribution in [0.2, 0.25) is 0 Å². The van der Waals surface area contributed by atoms with E-state index in [1.54, 1.807) is 24.3 Å². The Hall–Kier alpha value is -2.21. The molecule has 1 N–H and O–H groups in total. The molecule has 0 atom stereocenters. The van der Waals surface area contributed by atoms with Gasteiger partial charge in [0.25, 0.3) is 11.6 Å². The molecule has 19 heavy (non-hydrogen) atoms. The van der Waals surface area contributed by atoms with Crippen molar-refractivity contribution in [3.63, 3.8) is 0 Å². The molecule has 0 aromatic heterocycles. The number of rotatable bonds is 3. The third-order valence-corrected chi connectivity index (χ3v) is 2.95. The second-order valence-corrected chi connectivity index (χ2v) is 4.68. The minimum absolute atomic E-state index is 0.108. The van der Waals surface area contributed by atoms with E-state index in [4.69, 9.17) is 0 Å². The Bertz CT molecular complexity index is 626. The lowest BCUT2D eigenvalue weighted by Gasteiger charge is -2.05. The van der Waals surface area contributed by atoms with Gasteiger partial charge in [-0.05, 0) is 30.3 Å². The number of halogens is 1. The molecule has 2 rings (SSSR count). The predicted molar refractivity (Wildman–Crippen MR) is 75.2 cm³/mol. The van der Waals surface area contributed by atoms with E-state index in [-0.39, 0.29) is 17.2 Å². The molecule has 0 fully saturated rings. The van der Waals surface area contributed by atoms with Crippen molar-refractivity contribution in [2.24, 2.45) is 0 Å². The van der Waals surface area contributed by atoms with E-state index in [1.165, 1.54) is 24.3 Å². The molecule has 96 valence electrons. The number of benzene rings is 2. The number of carbonyl (C=O) groups excluding carboxylic acids is 1. The highest BCUT2D eigenvalue weighted by Crippen LogP contribution is 2.17. The number of anilines is 1. The summed E-state index contributed by atoms with van der Waals surface area (Å²) < 4.78 is 0.904. The highest BCUT2D eigenvalue weighted by atomic mass is 79.9. The second kappa shape index (κ2) is 5.62. The molecule has 0 saturated heterocycles. The van der Waals surface area contributed by atoms with Gasteiger partial charge in [0.1, 0.15) is 0 Å². The van der Waals surface area contributed by atoms with Gasteiger partial charge in [0.2, 0.25) is 0 Å². The van der Waals surface area contributed by atoms with E-state index in [2.05, 4.69) is 21.2 Å². The molecular weight excluding hydrogens is 312 g/mol. The van der Waals surface area contributed by atoms with Crippen LogP contribution in [-0.2, 0) is 0 Å². The van der Waals surface area contributed by atoms with Crippen LogP contribution in [0.25, 0.3) is 0 Å². The molecule has 2 aromatic carbocycles. The number of hydrogen-bond donors (Lipinski definition) is 1. The standard InChI is InChI=1S/C13H9BrN2O3/c14-10-4-6-11(7-5-10)15-13(17)9-2-1-3-12(8-9)16(18)19/h1-8H,(H,15,17). The Morgan fingerprint density at radius 3 is 2.47 bits per heavy atom. The Labute approximate surface area is 117 Å². The first-order valence-corrected chi connectivity index (χ1v) is 6.17. The number of nitro benzene ring substituents is 1. The van der Waals surface area contributed by atoms with Crippen molar-refractivity contribution in [2.75, 3.05) is 5.32 Å². The number of non-ortho nitro benzene ring substituents is 1. The topological polar surface area (TPSA) is 72.2 Å². The van der Waals surface area contributed by atoms with Crippen molar-refractivity contribution in [2.45, 2.75) is 0 Å². The molecule has 0 bridgehead atoms. The maximum absolute atomic E-state index is 11.9. The van der Waals surface area contributed by atoms with Gasteiger partial charge in [-0.15, -0.1) is 0 Å². The van der Waals surface area contributed by atoms with Gasteiger partial charge in [-0.1, -0.05) is 22.0 Å². The van der Waals surface area contributed by atoms with E-state index in [9.17, 15) is 14.9 Å². The summed E-state index contributed by atoms with van der Waals surface area (Å²) in [5.74, 6) is -0.383. The van der Waals surface area contributed by atoms with Gasteiger partial charge in [-0.2, -0.15) is 0 Å². The number of nitrogens with one attached hydrogen (secondary N) is 1. The van der Waals surface area contributed by atoms with Gasteiger partial charge in [-0.3, -0.25) is 14.9 Å². The normalized spacial score (nSPS) is 9.95. The van der Waals surface area contributed by atoms with Gasteiger partial charge in [0.05, 0.1) is 4.92 Å². The van der Waals surface area contributed by atoms with Crippen molar-refractivity contribution in [3.8, 4) is 0 Å². The van der Waals surface area contributed by atoms with Gasteiger partial charge in [0, 0.05) is 27.9 Å². The van der Waals surface area contributed by atoms with Crippen molar-refractivity contribution in [1.29, 1.82) is 0 Å². The number of hydrogen-bond acceptors (Lipinski definition) is 3. The first kappa shape index (κ1) is 13.2. The van der Waals surface area contributed by atoms with Crippen LogP contribution in [0.3, 0.4) is 0 Å². The summed E-state index contributed by atoms with van der Waals surface area (Å²) in [6.45, 7) is 0. The third-order valence-electron chi connectivity index (χ3n) is 2.42. The third kappa shape index (κ3) is 3.38. The van der Waals surface area contributed by atoms with Crippen molar-refractivity contribution in [3.05, 3.63) is 68.7 Å². The molecule has 2 aromatic rings. The highest BCUT2D eigenvalue weighted by Gasteiger charge is 2.11. The zero-order chi connectivity index (χ0) is 13.8. The fraction of sp³-hybridized carbons (Fsp3) is 0. The Kier molecular flexibility index (Phi) is 3.91. The summed E-state index contributed by atoms with van der Waals surface area (Å²) in [5, 5.41) is 13.3. The zero-order valence-corrected chi connectivity index (χ0v) is 11.3. The van der Waals surface area contributed by atoms with Gasteiger partial charge < -0.3 is 5.32 Å². The second-order valence-electron chi connectivity index (χ2n) is 3.77. The molecule has 0 heterocycles. The maximum Gasteiger partial charge on any atom is 0.270 e. The minimum atomic E-state index is -0.531. The van der Waals surface area contributed by atoms with Crippen molar-refractivity contribution < 1.29 is 9.72 Å². The van der Waals surface area contributed by atoms with Gasteiger partial charge >= 0.3 is 0 Å². The summed E-state index contributed by atoms with van der Waals surface area (Å²) in [5.41, 5.74) is 0.764. The molecule has 0 spiro atoms. The lowest BCUT2D eigenvalue weighted by Crippen LogP contribution is -2.11. The first-order valence-electron chi connectivity index (χ1n) is 5.37. The molecule has 6 heteroatoms. The molecule has 0 unspecified atom stereocenters. The SMILES string of the molecule is O=C(Nc1ccc(Br)cc1)c1cccc([N+](=O)[O-])c1. The van der Waals surface area contributed by atoms with E-state index in [0.29, 0.717) is 5.69 Å². The molecule has 0 aliphatic rings. The molecule has 0 aliphatic carbocycles. The monoisotopic (exact) mass is 320 g/mol. The quantitative estimate of drug-likeness (QED) is 0.693. The van der Waals surface area contributed by atoms with Crippen LogP contribution in [0.4, 0.5) is 11.4 Å². The summed E-state index contributed by atoms with van der Waals surface area (Å²) >= 11 is 3.29. The first-order chi connectivity index (χ1) is 9.06. The minimum Gasteiger partial charge on any atom is -0.322 e. The fourth-order valence-corrected chi connectivity index (χ4v) is 1.76. The molecule has 0 radical (unpaired) electrons. The fourth-order valence-electron chi connectivity index (χ4n) is 1.50. The molecule has 5 nitrogen and oxygen atoms in total. The van der Waals surface area contributed by atoms with Crippen LogP contribution in [0, 0.1) is 10.1 Å². The zero-order valence-electron chi connectivity index (χ0n) is 9.67. The Balaban J connectivity index is 2.18. The smallest absolute Gasteiger partial charge is 0.270 e. The Morgan fingerprint density at radius 1 is 1.16 bits per heavy atom. The van der Waals surface area contributed by atoms with Crippen molar-refractivity contribution in [1.82, 2.24) is 0 Å². The molecule has 0 saturated carbocycles. The van der Waals surface area contributed by atoms with Crippen LogP contribution in [-0.4, -0.2) is 10.8 Å². The highest BCUT2D eigenvalue weighted by molar-refractivity contribution is 9.10. The van der Waals surface area contributed by atoms with Gasteiger partial charge in [0.15, 0.2) is 0 Å².